The Morgan fingerprint density at radius 1 is 1.15 bits per heavy atom. The summed E-state index contributed by atoms with van der Waals surface area (Å²) in [6.07, 6.45) is -2.25. The van der Waals surface area contributed by atoms with Gasteiger partial charge in [0.1, 0.15) is 6.04 Å². The molecule has 4 rings (SSSR count). The van der Waals surface area contributed by atoms with Crippen molar-refractivity contribution >= 4 is 11.6 Å². The summed E-state index contributed by atoms with van der Waals surface area (Å²) < 4.78 is 40.8. The van der Waals surface area contributed by atoms with Crippen molar-refractivity contribution in [2.75, 3.05) is 38.6 Å². The first kappa shape index (κ1) is 24.1. The number of alkyl halides is 3. The van der Waals surface area contributed by atoms with Crippen molar-refractivity contribution < 1.29 is 18.0 Å². The normalized spacial score (nSPS) is 20.4. The summed E-state index contributed by atoms with van der Waals surface area (Å²) in [4.78, 5) is 18.8. The summed E-state index contributed by atoms with van der Waals surface area (Å²) in [6, 6.07) is 15.2. The maximum absolute atomic E-state index is 13.6. The third kappa shape index (κ3) is 4.90. The second-order valence-electron chi connectivity index (χ2n) is 9.68. The minimum absolute atomic E-state index is 0.110. The molecule has 2 aromatic rings. The number of nitriles is 1. The zero-order valence-corrected chi connectivity index (χ0v) is 19.5. The fourth-order valence-corrected chi connectivity index (χ4v) is 5.28. The predicted octanol–water partition coefficient (Wildman–Crippen LogP) is 4.53. The first-order valence-electron chi connectivity index (χ1n) is 11.5. The highest BCUT2D eigenvalue weighted by atomic mass is 19.4. The van der Waals surface area contributed by atoms with Crippen molar-refractivity contribution in [3.63, 3.8) is 0 Å². The lowest BCUT2D eigenvalue weighted by Gasteiger charge is -2.39. The van der Waals surface area contributed by atoms with E-state index in [4.69, 9.17) is 5.26 Å². The van der Waals surface area contributed by atoms with E-state index in [1.165, 1.54) is 22.6 Å². The molecule has 1 spiro atoms. The van der Waals surface area contributed by atoms with Gasteiger partial charge in [-0.05, 0) is 61.5 Å². The Labute approximate surface area is 198 Å². The number of amides is 1. The highest BCUT2D eigenvalue weighted by Crippen LogP contribution is 2.46. The molecular weight excluding hydrogens is 441 g/mol. The molecule has 0 N–H and O–H groups in total. The van der Waals surface area contributed by atoms with Gasteiger partial charge in [0, 0.05) is 32.9 Å². The van der Waals surface area contributed by atoms with E-state index in [1.54, 1.807) is 20.2 Å². The number of rotatable bonds is 4. The molecule has 0 radical (unpaired) electrons. The lowest BCUT2D eigenvalue weighted by Crippen LogP contribution is -2.43. The van der Waals surface area contributed by atoms with Crippen molar-refractivity contribution in [1.82, 2.24) is 9.80 Å². The summed E-state index contributed by atoms with van der Waals surface area (Å²) >= 11 is 0. The average Bonchev–Trinajstić information content (AvgIpc) is 3.19. The maximum atomic E-state index is 13.6. The van der Waals surface area contributed by atoms with Crippen LogP contribution in [-0.2, 0) is 17.5 Å². The molecule has 2 aromatic carbocycles. The van der Waals surface area contributed by atoms with Crippen LogP contribution in [0.2, 0.25) is 0 Å². The number of hydrogen-bond donors (Lipinski definition) is 0. The minimum atomic E-state index is -4.64. The molecule has 34 heavy (non-hydrogen) atoms. The number of likely N-dealkylation sites (N-methyl/N-ethyl adjacent to an activating group) is 1. The average molecular weight is 471 g/mol. The summed E-state index contributed by atoms with van der Waals surface area (Å²) in [7, 11) is 3.35. The van der Waals surface area contributed by atoms with Gasteiger partial charge in [0.25, 0.3) is 0 Å². The highest BCUT2D eigenvalue weighted by molar-refractivity contribution is 5.86. The van der Waals surface area contributed by atoms with Crippen molar-refractivity contribution in [2.45, 2.75) is 38.0 Å². The molecule has 2 heterocycles. The Hall–Kier alpha value is -3.05. The van der Waals surface area contributed by atoms with Gasteiger partial charge in [-0.3, -0.25) is 9.69 Å². The van der Waals surface area contributed by atoms with E-state index >= 15 is 0 Å². The van der Waals surface area contributed by atoms with E-state index in [0.29, 0.717) is 18.7 Å². The van der Waals surface area contributed by atoms with E-state index < -0.39 is 23.3 Å². The van der Waals surface area contributed by atoms with Crippen LogP contribution in [0.1, 0.15) is 36.0 Å². The number of carbonyl (C=O) groups is 1. The smallest absolute Gasteiger partial charge is 0.359 e. The number of likely N-dealkylation sites (tertiary alicyclic amines) is 1. The number of benzene rings is 2. The molecule has 1 unspecified atom stereocenters. The Kier molecular flexibility index (Phi) is 6.59. The molecule has 0 bridgehead atoms. The molecule has 2 aliphatic heterocycles. The number of nitrogens with zero attached hydrogens (tertiary/aromatic N) is 4. The molecule has 1 atom stereocenters. The highest BCUT2D eigenvalue weighted by Gasteiger charge is 2.49. The summed E-state index contributed by atoms with van der Waals surface area (Å²) in [5, 5.41) is 9.15. The lowest BCUT2D eigenvalue weighted by atomic mass is 9.76. The van der Waals surface area contributed by atoms with E-state index in [2.05, 4.69) is 17.0 Å². The molecule has 2 aliphatic rings. The van der Waals surface area contributed by atoms with Gasteiger partial charge in [-0.25, -0.2) is 0 Å². The summed E-state index contributed by atoms with van der Waals surface area (Å²) in [5.41, 5.74) is 0.104. The first-order chi connectivity index (χ1) is 16.1. The number of hydrogen-bond acceptors (Lipinski definition) is 4. The maximum Gasteiger partial charge on any atom is 0.417 e. The van der Waals surface area contributed by atoms with Crippen LogP contribution in [0.25, 0.3) is 0 Å². The SMILES string of the molecule is CN(C)C(=O)C1CC2(CCN(Cc3ccccc3)CC2)CN1c1ccc(C#N)c(C(F)(F)F)c1. The molecule has 2 saturated heterocycles. The van der Waals surface area contributed by atoms with E-state index in [-0.39, 0.29) is 11.3 Å². The summed E-state index contributed by atoms with van der Waals surface area (Å²) in [5.74, 6) is -0.110. The molecule has 2 fully saturated rings. The molecule has 0 aliphatic carbocycles. The molecule has 0 aromatic heterocycles. The van der Waals surface area contributed by atoms with Crippen LogP contribution in [0.4, 0.5) is 18.9 Å². The van der Waals surface area contributed by atoms with Gasteiger partial charge in [-0.2, -0.15) is 18.4 Å². The quantitative estimate of drug-likeness (QED) is 0.659. The van der Waals surface area contributed by atoms with Crippen LogP contribution in [0.5, 0.6) is 0 Å². The van der Waals surface area contributed by atoms with Crippen LogP contribution in [0, 0.1) is 16.7 Å². The topological polar surface area (TPSA) is 50.6 Å². The van der Waals surface area contributed by atoms with E-state index in [0.717, 1.165) is 38.5 Å². The second-order valence-corrected chi connectivity index (χ2v) is 9.68. The fourth-order valence-electron chi connectivity index (χ4n) is 5.28. The molecule has 1 amide bonds. The molecule has 180 valence electrons. The van der Waals surface area contributed by atoms with Crippen LogP contribution >= 0.6 is 0 Å². The number of carbonyl (C=O) groups excluding carboxylic acids is 1. The lowest BCUT2D eigenvalue weighted by molar-refractivity contribution is -0.137. The predicted molar refractivity (Wildman–Crippen MR) is 124 cm³/mol. The van der Waals surface area contributed by atoms with Crippen LogP contribution < -0.4 is 4.90 Å². The second kappa shape index (κ2) is 9.30. The largest absolute Gasteiger partial charge is 0.417 e. The third-order valence-corrected chi connectivity index (χ3v) is 7.16. The van der Waals surface area contributed by atoms with Crippen molar-refractivity contribution in [2.24, 2.45) is 5.41 Å². The van der Waals surface area contributed by atoms with Crippen LogP contribution in [-0.4, -0.2) is 55.5 Å². The first-order valence-corrected chi connectivity index (χ1v) is 11.5. The molecule has 0 saturated carbocycles. The van der Waals surface area contributed by atoms with Gasteiger partial charge in [0.15, 0.2) is 0 Å². The van der Waals surface area contributed by atoms with Crippen molar-refractivity contribution in [3.8, 4) is 6.07 Å². The Morgan fingerprint density at radius 2 is 1.82 bits per heavy atom. The van der Waals surface area contributed by atoms with Crippen molar-refractivity contribution in [3.05, 3.63) is 65.2 Å². The Bertz CT molecular complexity index is 1070. The number of piperidine rings is 1. The number of anilines is 1. The zero-order valence-electron chi connectivity index (χ0n) is 19.5. The van der Waals surface area contributed by atoms with E-state index in [1.807, 2.05) is 23.1 Å². The van der Waals surface area contributed by atoms with Gasteiger partial charge in [-0.15, -0.1) is 0 Å². The van der Waals surface area contributed by atoms with Gasteiger partial charge in [-0.1, -0.05) is 30.3 Å². The van der Waals surface area contributed by atoms with Crippen LogP contribution in [0.3, 0.4) is 0 Å². The standard InChI is InChI=1S/C26H29F3N4O/c1-31(2)24(34)23-15-25(10-12-32(13-11-25)17-19-6-4-3-5-7-19)18-33(23)21-9-8-20(16-30)22(14-21)26(27,28)29/h3-9,14,23H,10-13,15,17-18H2,1-2H3. The monoisotopic (exact) mass is 470 g/mol. The molecule has 5 nitrogen and oxygen atoms in total. The summed E-state index contributed by atoms with van der Waals surface area (Å²) in [6.45, 7) is 3.16. The van der Waals surface area contributed by atoms with E-state index in [9.17, 15) is 18.0 Å². The van der Waals surface area contributed by atoms with Crippen LogP contribution in [0.15, 0.2) is 48.5 Å². The third-order valence-electron chi connectivity index (χ3n) is 7.16. The molecular formula is C26H29F3N4O. The Morgan fingerprint density at radius 3 is 2.41 bits per heavy atom. The van der Waals surface area contributed by atoms with Crippen molar-refractivity contribution in [1.29, 1.82) is 5.26 Å². The van der Waals surface area contributed by atoms with Gasteiger partial charge >= 0.3 is 6.18 Å². The fraction of sp³-hybridized carbons (Fsp3) is 0.462. The molecule has 8 heteroatoms. The Balaban J connectivity index is 1.57. The van der Waals surface area contributed by atoms with Gasteiger partial charge in [0.2, 0.25) is 5.91 Å². The minimum Gasteiger partial charge on any atom is -0.359 e. The van der Waals surface area contributed by atoms with Gasteiger partial charge in [0.05, 0.1) is 17.2 Å². The number of halogens is 3. The zero-order chi connectivity index (χ0) is 24.5. The van der Waals surface area contributed by atoms with Gasteiger partial charge < -0.3 is 9.80 Å².